The molecule has 0 aliphatic heterocycles. The SMILES string of the molecule is Cl[C@H](Cc1ccc(OCc2ccccc2)cc1)CN(Cc1ccccc1)Cc1ccccc1. The molecule has 0 heterocycles. The van der Waals surface area contributed by atoms with E-state index in [1.165, 1.54) is 22.3 Å². The van der Waals surface area contributed by atoms with Gasteiger partial charge in [0.1, 0.15) is 12.4 Å². The van der Waals surface area contributed by atoms with Crippen LogP contribution in [0.4, 0.5) is 0 Å². The number of ether oxygens (including phenoxy) is 1. The lowest BCUT2D eigenvalue weighted by molar-refractivity contribution is 0.255. The van der Waals surface area contributed by atoms with Crippen molar-refractivity contribution in [3.63, 3.8) is 0 Å². The molecule has 0 unspecified atom stereocenters. The fourth-order valence-electron chi connectivity index (χ4n) is 3.93. The maximum atomic E-state index is 6.85. The van der Waals surface area contributed by atoms with Gasteiger partial charge in [-0.3, -0.25) is 4.90 Å². The lowest BCUT2D eigenvalue weighted by Gasteiger charge is -2.25. The fourth-order valence-corrected chi connectivity index (χ4v) is 4.30. The Morgan fingerprint density at radius 2 is 1.06 bits per heavy atom. The molecule has 4 rings (SSSR count). The van der Waals surface area contributed by atoms with E-state index in [0.717, 1.165) is 31.8 Å². The van der Waals surface area contributed by atoms with Gasteiger partial charge in [-0.15, -0.1) is 11.6 Å². The maximum absolute atomic E-state index is 6.85. The number of benzene rings is 4. The average Bonchev–Trinajstić information content (AvgIpc) is 2.85. The Kier molecular flexibility index (Phi) is 8.57. The van der Waals surface area contributed by atoms with Crippen molar-refractivity contribution in [1.82, 2.24) is 4.90 Å². The summed E-state index contributed by atoms with van der Waals surface area (Å²) < 4.78 is 5.91. The van der Waals surface area contributed by atoms with Crippen LogP contribution < -0.4 is 4.74 Å². The first-order chi connectivity index (χ1) is 16.2. The van der Waals surface area contributed by atoms with Crippen molar-refractivity contribution in [2.75, 3.05) is 6.54 Å². The number of alkyl halides is 1. The van der Waals surface area contributed by atoms with Gasteiger partial charge >= 0.3 is 0 Å². The molecule has 0 saturated heterocycles. The molecule has 0 fully saturated rings. The van der Waals surface area contributed by atoms with Gasteiger partial charge in [-0.05, 0) is 40.8 Å². The van der Waals surface area contributed by atoms with E-state index in [9.17, 15) is 0 Å². The van der Waals surface area contributed by atoms with Gasteiger partial charge in [-0.1, -0.05) is 103 Å². The average molecular weight is 456 g/mol. The van der Waals surface area contributed by atoms with Gasteiger partial charge in [0.2, 0.25) is 0 Å². The van der Waals surface area contributed by atoms with Crippen molar-refractivity contribution in [1.29, 1.82) is 0 Å². The minimum atomic E-state index is 0.0218. The number of nitrogens with zero attached hydrogens (tertiary/aromatic N) is 1. The summed E-state index contributed by atoms with van der Waals surface area (Å²) in [6.07, 6.45) is 0.820. The van der Waals surface area contributed by atoms with Gasteiger partial charge in [0, 0.05) is 19.6 Å². The number of rotatable bonds is 11. The van der Waals surface area contributed by atoms with E-state index in [2.05, 4.69) is 89.8 Å². The smallest absolute Gasteiger partial charge is 0.119 e. The van der Waals surface area contributed by atoms with E-state index in [0.29, 0.717) is 6.61 Å². The number of hydrogen-bond donors (Lipinski definition) is 0. The van der Waals surface area contributed by atoms with E-state index in [4.69, 9.17) is 16.3 Å². The minimum absolute atomic E-state index is 0.0218. The summed E-state index contributed by atoms with van der Waals surface area (Å²) >= 11 is 6.85. The van der Waals surface area contributed by atoms with Crippen LogP contribution in [-0.4, -0.2) is 16.8 Å². The summed E-state index contributed by atoms with van der Waals surface area (Å²) in [5.74, 6) is 0.878. The molecule has 0 amide bonds. The van der Waals surface area contributed by atoms with Gasteiger partial charge in [-0.25, -0.2) is 0 Å². The van der Waals surface area contributed by atoms with Crippen LogP contribution in [0.15, 0.2) is 115 Å². The molecular formula is C30H30ClNO. The van der Waals surface area contributed by atoms with E-state index in [-0.39, 0.29) is 5.38 Å². The molecule has 4 aromatic carbocycles. The van der Waals surface area contributed by atoms with E-state index >= 15 is 0 Å². The molecular weight excluding hydrogens is 426 g/mol. The molecule has 0 saturated carbocycles. The second kappa shape index (κ2) is 12.2. The van der Waals surface area contributed by atoms with Crippen LogP contribution in [0.1, 0.15) is 22.3 Å². The molecule has 0 aliphatic rings. The highest BCUT2D eigenvalue weighted by Gasteiger charge is 2.14. The Labute approximate surface area is 202 Å². The molecule has 0 radical (unpaired) electrons. The molecule has 1 atom stereocenters. The highest BCUT2D eigenvalue weighted by molar-refractivity contribution is 6.20. The maximum Gasteiger partial charge on any atom is 0.119 e. The van der Waals surface area contributed by atoms with Crippen molar-refractivity contribution >= 4 is 11.6 Å². The van der Waals surface area contributed by atoms with Gasteiger partial charge in [-0.2, -0.15) is 0 Å². The predicted octanol–water partition coefficient (Wildman–Crippen LogP) is 7.12. The third-order valence-corrected chi connectivity index (χ3v) is 5.88. The first-order valence-electron chi connectivity index (χ1n) is 11.4. The number of halogens is 1. The fraction of sp³-hybridized carbons (Fsp3) is 0.200. The van der Waals surface area contributed by atoms with Crippen LogP contribution in [0.2, 0.25) is 0 Å². The molecule has 0 aliphatic carbocycles. The number of hydrogen-bond acceptors (Lipinski definition) is 2. The second-order valence-corrected chi connectivity index (χ2v) is 8.98. The third kappa shape index (κ3) is 7.78. The Bertz CT molecular complexity index is 1030. The Balaban J connectivity index is 1.33. The van der Waals surface area contributed by atoms with E-state index < -0.39 is 0 Å². The molecule has 0 aromatic heterocycles. The lowest BCUT2D eigenvalue weighted by Crippen LogP contribution is -2.30. The predicted molar refractivity (Wildman–Crippen MR) is 138 cm³/mol. The summed E-state index contributed by atoms with van der Waals surface area (Å²) in [5.41, 5.74) is 5.00. The summed E-state index contributed by atoms with van der Waals surface area (Å²) in [7, 11) is 0. The molecule has 33 heavy (non-hydrogen) atoms. The third-order valence-electron chi connectivity index (χ3n) is 5.58. The van der Waals surface area contributed by atoms with E-state index in [1.54, 1.807) is 0 Å². The monoisotopic (exact) mass is 455 g/mol. The molecule has 2 nitrogen and oxygen atoms in total. The van der Waals surface area contributed by atoms with Crippen molar-refractivity contribution in [3.05, 3.63) is 138 Å². The van der Waals surface area contributed by atoms with Crippen molar-refractivity contribution in [3.8, 4) is 5.75 Å². The zero-order chi connectivity index (χ0) is 22.7. The first-order valence-corrected chi connectivity index (χ1v) is 11.9. The standard InChI is InChI=1S/C30H30ClNO/c31-29(20-25-16-18-30(19-17-25)33-24-28-14-8-3-9-15-28)23-32(21-26-10-4-1-5-11-26)22-27-12-6-2-7-13-27/h1-19,29H,20-24H2/t29-/m1/s1. The van der Waals surface area contributed by atoms with Gasteiger partial charge in [0.15, 0.2) is 0 Å². The Hall–Kier alpha value is -3.07. The summed E-state index contributed by atoms with van der Waals surface area (Å²) in [6, 6.07) is 39.7. The molecule has 0 spiro atoms. The zero-order valence-electron chi connectivity index (χ0n) is 18.8. The molecule has 0 N–H and O–H groups in total. The van der Waals surface area contributed by atoms with Crippen molar-refractivity contribution in [2.45, 2.75) is 31.5 Å². The van der Waals surface area contributed by atoms with Crippen molar-refractivity contribution < 1.29 is 4.74 Å². The molecule has 168 valence electrons. The topological polar surface area (TPSA) is 12.5 Å². The van der Waals surface area contributed by atoms with Gasteiger partial charge in [0.25, 0.3) is 0 Å². The highest BCUT2D eigenvalue weighted by atomic mass is 35.5. The largest absolute Gasteiger partial charge is 0.489 e. The Morgan fingerprint density at radius 1 is 0.576 bits per heavy atom. The summed E-state index contributed by atoms with van der Waals surface area (Å²) in [5, 5.41) is 0.0218. The van der Waals surface area contributed by atoms with Crippen LogP contribution in [0.5, 0.6) is 5.75 Å². The minimum Gasteiger partial charge on any atom is -0.489 e. The molecule has 4 aromatic rings. The second-order valence-electron chi connectivity index (χ2n) is 8.36. The van der Waals surface area contributed by atoms with Gasteiger partial charge in [0.05, 0.1) is 5.38 Å². The van der Waals surface area contributed by atoms with Crippen LogP contribution in [0, 0.1) is 0 Å². The Morgan fingerprint density at radius 3 is 1.58 bits per heavy atom. The summed E-state index contributed by atoms with van der Waals surface area (Å²) in [4.78, 5) is 2.43. The van der Waals surface area contributed by atoms with Crippen LogP contribution in [-0.2, 0) is 26.1 Å². The summed E-state index contributed by atoms with van der Waals surface area (Å²) in [6.45, 7) is 3.15. The van der Waals surface area contributed by atoms with Crippen LogP contribution in [0.25, 0.3) is 0 Å². The normalized spacial score (nSPS) is 11.9. The zero-order valence-corrected chi connectivity index (χ0v) is 19.6. The lowest BCUT2D eigenvalue weighted by atomic mass is 10.1. The highest BCUT2D eigenvalue weighted by Crippen LogP contribution is 2.18. The van der Waals surface area contributed by atoms with Gasteiger partial charge < -0.3 is 4.74 Å². The van der Waals surface area contributed by atoms with Crippen LogP contribution >= 0.6 is 11.6 Å². The quantitative estimate of drug-likeness (QED) is 0.223. The molecule has 3 heteroatoms. The van der Waals surface area contributed by atoms with Crippen molar-refractivity contribution in [2.24, 2.45) is 0 Å². The molecule has 0 bridgehead atoms. The first kappa shape index (κ1) is 23.1. The van der Waals surface area contributed by atoms with Crippen LogP contribution in [0.3, 0.4) is 0 Å². The van der Waals surface area contributed by atoms with E-state index in [1.807, 2.05) is 30.3 Å².